The number of H-pyrrole nitrogens is 1. The molecule has 1 unspecified atom stereocenters. The molecule has 0 bridgehead atoms. The van der Waals surface area contributed by atoms with E-state index in [2.05, 4.69) is 45.5 Å². The summed E-state index contributed by atoms with van der Waals surface area (Å²) in [6, 6.07) is 11.5. The van der Waals surface area contributed by atoms with E-state index in [1.807, 2.05) is 19.1 Å². The zero-order valence-electron chi connectivity index (χ0n) is 14.9. The summed E-state index contributed by atoms with van der Waals surface area (Å²) in [4.78, 5) is 2.46. The maximum atomic E-state index is 5.23. The van der Waals surface area contributed by atoms with Crippen molar-refractivity contribution in [1.82, 2.24) is 15.5 Å². The van der Waals surface area contributed by atoms with E-state index in [0.29, 0.717) is 12.1 Å². The molecule has 0 radical (unpaired) electrons. The normalized spacial score (nSPS) is 17.0. The van der Waals surface area contributed by atoms with Crippen molar-refractivity contribution in [1.29, 1.82) is 0 Å². The summed E-state index contributed by atoms with van der Waals surface area (Å²) in [7, 11) is 1.71. The van der Waals surface area contributed by atoms with Gasteiger partial charge in [0.1, 0.15) is 5.75 Å². The molecule has 0 spiro atoms. The van der Waals surface area contributed by atoms with Gasteiger partial charge in [0, 0.05) is 43.0 Å². The lowest BCUT2D eigenvalue weighted by molar-refractivity contribution is 0.374. The van der Waals surface area contributed by atoms with E-state index in [4.69, 9.17) is 4.74 Å². The Bertz CT molecular complexity index is 629. The van der Waals surface area contributed by atoms with Gasteiger partial charge in [-0.1, -0.05) is 0 Å². The van der Waals surface area contributed by atoms with Crippen LogP contribution in [0.3, 0.4) is 0 Å². The fraction of sp³-hybridized carbons (Fsp3) is 0.526. The van der Waals surface area contributed by atoms with Gasteiger partial charge >= 0.3 is 0 Å². The molecule has 1 aromatic heterocycles. The summed E-state index contributed by atoms with van der Waals surface area (Å²) >= 11 is 0. The number of ether oxygens (including phenoxy) is 1. The minimum Gasteiger partial charge on any atom is -0.497 e. The Balaban J connectivity index is 1.45. The van der Waals surface area contributed by atoms with Crippen LogP contribution in [0.4, 0.5) is 5.69 Å². The minimum atomic E-state index is 0.449. The second-order valence-electron chi connectivity index (χ2n) is 6.77. The molecular weight excluding hydrogens is 300 g/mol. The van der Waals surface area contributed by atoms with Crippen LogP contribution < -0.4 is 15.0 Å². The molecule has 2 N–H and O–H groups in total. The van der Waals surface area contributed by atoms with Crippen molar-refractivity contribution in [2.24, 2.45) is 0 Å². The van der Waals surface area contributed by atoms with E-state index in [1.165, 1.54) is 18.5 Å². The molecule has 0 amide bonds. The number of anilines is 1. The molecule has 1 aliphatic rings. The predicted molar refractivity (Wildman–Crippen MR) is 97.9 cm³/mol. The maximum Gasteiger partial charge on any atom is 0.119 e. The number of hydrogen-bond acceptors (Lipinski definition) is 4. The van der Waals surface area contributed by atoms with Crippen LogP contribution in [0, 0.1) is 6.92 Å². The molecule has 130 valence electrons. The Hall–Kier alpha value is -2.01. The molecule has 0 saturated carbocycles. The first-order chi connectivity index (χ1) is 11.6. The van der Waals surface area contributed by atoms with Crippen LogP contribution in [0.25, 0.3) is 0 Å². The third-order valence-electron chi connectivity index (χ3n) is 4.73. The molecule has 1 aliphatic heterocycles. The number of piperidine rings is 1. The standard InChI is InChI=1S/C19H28N4O/c1-14(12-17-13-15(2)21-22-17)20-16-8-10-23(11-9-16)18-4-6-19(24-3)7-5-18/h4-7,13-14,16,20H,8-12H2,1-3H3,(H,21,22). The Kier molecular flexibility index (Phi) is 5.41. The number of rotatable bonds is 6. The zero-order chi connectivity index (χ0) is 16.9. The monoisotopic (exact) mass is 328 g/mol. The Morgan fingerprint density at radius 1 is 1.29 bits per heavy atom. The number of aromatic nitrogens is 2. The topological polar surface area (TPSA) is 53.2 Å². The van der Waals surface area contributed by atoms with Crippen molar-refractivity contribution in [2.75, 3.05) is 25.1 Å². The molecule has 2 heterocycles. The Morgan fingerprint density at radius 3 is 2.58 bits per heavy atom. The van der Waals surface area contributed by atoms with Crippen LogP contribution in [0.5, 0.6) is 5.75 Å². The molecule has 5 heteroatoms. The minimum absolute atomic E-state index is 0.449. The van der Waals surface area contributed by atoms with E-state index in [1.54, 1.807) is 7.11 Å². The van der Waals surface area contributed by atoms with Gasteiger partial charge in [-0.15, -0.1) is 0 Å². The van der Waals surface area contributed by atoms with Crippen molar-refractivity contribution < 1.29 is 4.74 Å². The second-order valence-corrected chi connectivity index (χ2v) is 6.77. The van der Waals surface area contributed by atoms with Gasteiger partial charge in [0.05, 0.1) is 12.8 Å². The fourth-order valence-corrected chi connectivity index (χ4v) is 3.45. The largest absolute Gasteiger partial charge is 0.497 e. The van der Waals surface area contributed by atoms with Gasteiger partial charge < -0.3 is 15.0 Å². The second kappa shape index (κ2) is 7.71. The lowest BCUT2D eigenvalue weighted by Gasteiger charge is -2.35. The predicted octanol–water partition coefficient (Wildman–Crippen LogP) is 2.92. The average Bonchev–Trinajstić information content (AvgIpc) is 3.00. The van der Waals surface area contributed by atoms with E-state index in [0.717, 1.165) is 36.6 Å². The van der Waals surface area contributed by atoms with Crippen molar-refractivity contribution in [2.45, 2.75) is 45.2 Å². The molecule has 0 aliphatic carbocycles. The molecular formula is C19H28N4O. The summed E-state index contributed by atoms with van der Waals surface area (Å²) < 4.78 is 5.23. The van der Waals surface area contributed by atoms with Crippen LogP contribution >= 0.6 is 0 Å². The number of aromatic amines is 1. The van der Waals surface area contributed by atoms with Crippen molar-refractivity contribution in [3.8, 4) is 5.75 Å². The molecule has 1 fully saturated rings. The number of hydrogen-bond donors (Lipinski definition) is 2. The Labute approximate surface area is 144 Å². The molecule has 24 heavy (non-hydrogen) atoms. The van der Waals surface area contributed by atoms with Gasteiger partial charge in [0.25, 0.3) is 0 Å². The van der Waals surface area contributed by atoms with Crippen molar-refractivity contribution in [3.05, 3.63) is 41.7 Å². The first-order valence-corrected chi connectivity index (χ1v) is 8.80. The van der Waals surface area contributed by atoms with Gasteiger partial charge in [-0.2, -0.15) is 5.10 Å². The van der Waals surface area contributed by atoms with Gasteiger partial charge in [0.2, 0.25) is 0 Å². The maximum absolute atomic E-state index is 5.23. The summed E-state index contributed by atoms with van der Waals surface area (Å²) in [5.41, 5.74) is 3.56. The quantitative estimate of drug-likeness (QED) is 0.856. The molecule has 1 atom stereocenters. The van der Waals surface area contributed by atoms with Gasteiger partial charge in [-0.05, 0) is 57.0 Å². The molecule has 5 nitrogen and oxygen atoms in total. The lowest BCUT2D eigenvalue weighted by Crippen LogP contribution is -2.46. The van der Waals surface area contributed by atoms with Crippen molar-refractivity contribution in [3.63, 3.8) is 0 Å². The summed E-state index contributed by atoms with van der Waals surface area (Å²) in [6.07, 6.45) is 3.33. The van der Waals surface area contributed by atoms with Crippen LogP contribution in [0.2, 0.25) is 0 Å². The lowest BCUT2D eigenvalue weighted by atomic mass is 10.0. The molecule has 3 rings (SSSR count). The van der Waals surface area contributed by atoms with Gasteiger partial charge in [-0.25, -0.2) is 0 Å². The highest BCUT2D eigenvalue weighted by atomic mass is 16.5. The van der Waals surface area contributed by atoms with Crippen molar-refractivity contribution >= 4 is 5.69 Å². The van der Waals surface area contributed by atoms with Crippen LogP contribution in [0.1, 0.15) is 31.2 Å². The summed E-state index contributed by atoms with van der Waals surface area (Å²) in [6.45, 7) is 6.49. The number of nitrogens with one attached hydrogen (secondary N) is 2. The van der Waals surface area contributed by atoms with E-state index < -0.39 is 0 Å². The third kappa shape index (κ3) is 4.29. The average molecular weight is 328 g/mol. The van der Waals surface area contributed by atoms with Crippen LogP contribution in [-0.4, -0.2) is 42.5 Å². The molecule has 1 aromatic carbocycles. The first-order valence-electron chi connectivity index (χ1n) is 8.80. The molecule has 1 saturated heterocycles. The highest BCUT2D eigenvalue weighted by Crippen LogP contribution is 2.23. The van der Waals surface area contributed by atoms with E-state index >= 15 is 0 Å². The van der Waals surface area contributed by atoms with Gasteiger partial charge in [-0.3, -0.25) is 5.10 Å². The van der Waals surface area contributed by atoms with E-state index in [-0.39, 0.29) is 0 Å². The molecule has 2 aromatic rings. The number of methoxy groups -OCH3 is 1. The third-order valence-corrected chi connectivity index (χ3v) is 4.73. The zero-order valence-corrected chi connectivity index (χ0v) is 14.9. The number of benzene rings is 1. The van der Waals surface area contributed by atoms with Gasteiger partial charge in [0.15, 0.2) is 0 Å². The Morgan fingerprint density at radius 2 is 2.00 bits per heavy atom. The smallest absolute Gasteiger partial charge is 0.119 e. The number of aryl methyl sites for hydroxylation is 1. The highest BCUT2D eigenvalue weighted by Gasteiger charge is 2.21. The van der Waals surface area contributed by atoms with E-state index in [9.17, 15) is 0 Å². The fourth-order valence-electron chi connectivity index (χ4n) is 3.45. The van der Waals surface area contributed by atoms with Crippen LogP contribution in [-0.2, 0) is 6.42 Å². The number of nitrogens with zero attached hydrogens (tertiary/aromatic N) is 2. The highest BCUT2D eigenvalue weighted by molar-refractivity contribution is 5.49. The summed E-state index contributed by atoms with van der Waals surface area (Å²) in [5, 5.41) is 11.1. The van der Waals surface area contributed by atoms with Crippen LogP contribution in [0.15, 0.2) is 30.3 Å². The SMILES string of the molecule is COc1ccc(N2CCC(NC(C)Cc3cc(C)[nH]n3)CC2)cc1. The first kappa shape index (κ1) is 16.8. The summed E-state index contributed by atoms with van der Waals surface area (Å²) in [5.74, 6) is 0.915.